The summed E-state index contributed by atoms with van der Waals surface area (Å²) in [4.78, 5) is 13.8. The second kappa shape index (κ2) is 7.14. The monoisotopic (exact) mass is 419 g/mol. The SMILES string of the molecule is CCSc1ccc(-n2ccnn2)nc1-c1nc2cc(C(F)(F)F)nc(C)c2n1C. The summed E-state index contributed by atoms with van der Waals surface area (Å²) in [5, 5.41) is 7.74. The summed E-state index contributed by atoms with van der Waals surface area (Å²) in [6, 6.07) is 4.69. The maximum Gasteiger partial charge on any atom is 0.433 e. The van der Waals surface area contributed by atoms with Crippen molar-refractivity contribution in [2.45, 2.75) is 24.9 Å². The largest absolute Gasteiger partial charge is 0.433 e. The topological polar surface area (TPSA) is 74.3 Å². The molecule has 0 bridgehead atoms. The Kier molecular flexibility index (Phi) is 4.77. The number of aryl methyl sites for hydroxylation is 2. The molecule has 11 heteroatoms. The Morgan fingerprint density at radius 3 is 2.59 bits per heavy atom. The third kappa shape index (κ3) is 3.46. The number of pyridine rings is 2. The van der Waals surface area contributed by atoms with E-state index in [1.54, 1.807) is 42.7 Å². The lowest BCUT2D eigenvalue weighted by molar-refractivity contribution is -0.141. The van der Waals surface area contributed by atoms with Crippen LogP contribution < -0.4 is 0 Å². The molecule has 0 amide bonds. The van der Waals surface area contributed by atoms with Gasteiger partial charge in [-0.05, 0) is 30.9 Å². The van der Waals surface area contributed by atoms with Gasteiger partial charge in [-0.15, -0.1) is 16.9 Å². The number of fused-ring (bicyclic) bond motifs is 1. The fraction of sp³-hybridized carbons (Fsp3) is 0.278. The van der Waals surface area contributed by atoms with Crippen LogP contribution in [0.1, 0.15) is 18.3 Å². The predicted molar refractivity (Wildman–Crippen MR) is 103 cm³/mol. The minimum Gasteiger partial charge on any atom is -0.324 e. The first-order valence-corrected chi connectivity index (χ1v) is 9.70. The first-order chi connectivity index (χ1) is 13.8. The molecule has 0 N–H and O–H groups in total. The van der Waals surface area contributed by atoms with Crippen molar-refractivity contribution in [1.29, 1.82) is 0 Å². The van der Waals surface area contributed by atoms with E-state index in [-0.39, 0.29) is 11.2 Å². The van der Waals surface area contributed by atoms with E-state index in [0.717, 1.165) is 16.7 Å². The normalized spacial score (nSPS) is 12.1. The first kappa shape index (κ1) is 19.4. The smallest absolute Gasteiger partial charge is 0.324 e. The standard InChI is InChI=1S/C18H16F3N7S/c1-4-29-12-5-6-14(28-8-7-22-26-28)25-15(12)17-24-11-9-13(18(19,20)21)23-10(2)16(11)27(17)3/h5-9H,4H2,1-3H3. The molecule has 0 fully saturated rings. The fourth-order valence-corrected chi connectivity index (χ4v) is 3.88. The van der Waals surface area contributed by atoms with E-state index in [1.807, 2.05) is 19.1 Å². The van der Waals surface area contributed by atoms with Crippen LogP contribution in [0.25, 0.3) is 28.4 Å². The van der Waals surface area contributed by atoms with Crippen LogP contribution in [0, 0.1) is 6.92 Å². The molecule has 7 nitrogen and oxygen atoms in total. The summed E-state index contributed by atoms with van der Waals surface area (Å²) in [5.74, 6) is 1.80. The highest BCUT2D eigenvalue weighted by molar-refractivity contribution is 7.99. The van der Waals surface area contributed by atoms with Gasteiger partial charge in [0.2, 0.25) is 0 Å². The Hall–Kier alpha value is -2.95. The number of hydrogen-bond donors (Lipinski definition) is 0. The minimum atomic E-state index is -4.54. The Morgan fingerprint density at radius 1 is 1.14 bits per heavy atom. The van der Waals surface area contributed by atoms with Gasteiger partial charge in [0.1, 0.15) is 11.4 Å². The van der Waals surface area contributed by atoms with Crippen molar-refractivity contribution in [1.82, 2.24) is 34.5 Å². The molecule has 0 aromatic carbocycles. The van der Waals surface area contributed by atoms with E-state index in [1.165, 1.54) is 4.68 Å². The van der Waals surface area contributed by atoms with Crippen molar-refractivity contribution in [2.24, 2.45) is 7.05 Å². The number of aromatic nitrogens is 7. The highest BCUT2D eigenvalue weighted by atomic mass is 32.2. The van der Waals surface area contributed by atoms with E-state index >= 15 is 0 Å². The molecule has 0 aliphatic heterocycles. The van der Waals surface area contributed by atoms with Gasteiger partial charge in [0.05, 0.1) is 29.1 Å². The number of halogens is 3. The Morgan fingerprint density at radius 2 is 1.93 bits per heavy atom. The predicted octanol–water partition coefficient (Wildman–Crippen LogP) is 4.05. The molecule has 0 spiro atoms. The maximum absolute atomic E-state index is 13.2. The number of rotatable bonds is 4. The average molecular weight is 419 g/mol. The fourth-order valence-electron chi connectivity index (χ4n) is 3.13. The molecular formula is C18H16F3N7S. The summed E-state index contributed by atoms with van der Waals surface area (Å²) in [6.07, 6.45) is -1.33. The molecule has 0 aliphatic rings. The quantitative estimate of drug-likeness (QED) is 0.465. The first-order valence-electron chi connectivity index (χ1n) is 8.71. The molecule has 0 aliphatic carbocycles. The molecule has 4 aromatic rings. The Bertz CT molecular complexity index is 1180. The number of imidazole rings is 1. The average Bonchev–Trinajstić information content (AvgIpc) is 3.30. The van der Waals surface area contributed by atoms with Gasteiger partial charge in [-0.3, -0.25) is 0 Å². The molecule has 0 unspecified atom stereocenters. The van der Waals surface area contributed by atoms with Crippen molar-refractivity contribution in [3.05, 3.63) is 42.0 Å². The van der Waals surface area contributed by atoms with Crippen LogP contribution >= 0.6 is 11.8 Å². The van der Waals surface area contributed by atoms with E-state index in [9.17, 15) is 13.2 Å². The van der Waals surface area contributed by atoms with Gasteiger partial charge in [-0.25, -0.2) is 19.6 Å². The van der Waals surface area contributed by atoms with Crippen molar-refractivity contribution < 1.29 is 13.2 Å². The molecule has 0 atom stereocenters. The molecule has 0 saturated carbocycles. The van der Waals surface area contributed by atoms with E-state index < -0.39 is 11.9 Å². The van der Waals surface area contributed by atoms with Gasteiger partial charge in [-0.2, -0.15) is 13.2 Å². The zero-order valence-corrected chi connectivity index (χ0v) is 16.6. The van der Waals surface area contributed by atoms with Gasteiger partial charge in [0.25, 0.3) is 0 Å². The van der Waals surface area contributed by atoms with Crippen LogP contribution in [0.5, 0.6) is 0 Å². The number of alkyl halides is 3. The van der Waals surface area contributed by atoms with Crippen molar-refractivity contribution in [3.63, 3.8) is 0 Å². The second-order valence-corrected chi connectivity index (χ2v) is 7.56. The van der Waals surface area contributed by atoms with Crippen molar-refractivity contribution in [2.75, 3.05) is 5.75 Å². The van der Waals surface area contributed by atoms with Gasteiger partial charge >= 0.3 is 6.18 Å². The zero-order valence-electron chi connectivity index (χ0n) is 15.8. The molecule has 4 aromatic heterocycles. The zero-order chi connectivity index (χ0) is 20.8. The lowest BCUT2D eigenvalue weighted by atomic mass is 10.2. The summed E-state index contributed by atoms with van der Waals surface area (Å²) in [7, 11) is 1.75. The van der Waals surface area contributed by atoms with E-state index in [4.69, 9.17) is 0 Å². The second-order valence-electron chi connectivity index (χ2n) is 6.25. The third-order valence-corrected chi connectivity index (χ3v) is 5.26. The number of thioether (sulfide) groups is 1. The van der Waals surface area contributed by atoms with Crippen LogP contribution in [-0.2, 0) is 13.2 Å². The van der Waals surface area contributed by atoms with Gasteiger partial charge in [-0.1, -0.05) is 12.1 Å². The van der Waals surface area contributed by atoms with Gasteiger partial charge < -0.3 is 4.57 Å². The summed E-state index contributed by atoms with van der Waals surface area (Å²) >= 11 is 1.58. The lowest BCUT2D eigenvalue weighted by Crippen LogP contribution is -2.09. The van der Waals surface area contributed by atoms with Crippen molar-refractivity contribution >= 4 is 22.8 Å². The summed E-state index contributed by atoms with van der Waals surface area (Å²) < 4.78 is 42.8. The molecule has 0 saturated heterocycles. The Labute approximate surface area is 168 Å². The van der Waals surface area contributed by atoms with Gasteiger partial charge in [0.15, 0.2) is 11.6 Å². The molecule has 29 heavy (non-hydrogen) atoms. The third-order valence-electron chi connectivity index (χ3n) is 4.33. The minimum absolute atomic E-state index is 0.225. The van der Waals surface area contributed by atoms with Crippen LogP contribution in [0.4, 0.5) is 13.2 Å². The lowest BCUT2D eigenvalue weighted by Gasteiger charge is -2.10. The van der Waals surface area contributed by atoms with Crippen LogP contribution in [-0.4, -0.2) is 40.3 Å². The van der Waals surface area contributed by atoms with Crippen LogP contribution in [0.2, 0.25) is 0 Å². The molecule has 150 valence electrons. The van der Waals surface area contributed by atoms with Crippen LogP contribution in [0.15, 0.2) is 35.5 Å². The summed E-state index contributed by atoms with van der Waals surface area (Å²) in [6.45, 7) is 3.56. The summed E-state index contributed by atoms with van der Waals surface area (Å²) in [5.41, 5.74) is 0.625. The number of nitrogens with zero attached hydrogens (tertiary/aromatic N) is 7. The highest BCUT2D eigenvalue weighted by Crippen LogP contribution is 2.35. The van der Waals surface area contributed by atoms with E-state index in [2.05, 4.69) is 25.3 Å². The molecule has 4 heterocycles. The molecular weight excluding hydrogens is 403 g/mol. The Balaban J connectivity index is 1.95. The molecule has 4 rings (SSSR count). The highest BCUT2D eigenvalue weighted by Gasteiger charge is 2.34. The van der Waals surface area contributed by atoms with Gasteiger partial charge in [0, 0.05) is 11.9 Å². The number of hydrogen-bond acceptors (Lipinski definition) is 6. The maximum atomic E-state index is 13.2. The molecule has 0 radical (unpaired) electrons. The van der Waals surface area contributed by atoms with E-state index in [0.29, 0.717) is 22.9 Å². The van der Waals surface area contributed by atoms with Crippen LogP contribution in [0.3, 0.4) is 0 Å². The van der Waals surface area contributed by atoms with Crippen molar-refractivity contribution in [3.8, 4) is 17.3 Å².